The van der Waals surface area contributed by atoms with Gasteiger partial charge in [0.05, 0.1) is 18.6 Å². The molecule has 1 N–H and O–H groups in total. The van der Waals surface area contributed by atoms with Crippen LogP contribution in [0.3, 0.4) is 0 Å². The zero-order valence-corrected chi connectivity index (χ0v) is 13.4. The van der Waals surface area contributed by atoms with Crippen molar-refractivity contribution in [2.24, 2.45) is 0 Å². The molecule has 2 rings (SSSR count). The van der Waals surface area contributed by atoms with Gasteiger partial charge in [-0.3, -0.25) is 4.79 Å². The number of amides is 1. The molecule has 0 radical (unpaired) electrons. The van der Waals surface area contributed by atoms with E-state index in [0.29, 0.717) is 11.4 Å². The molecule has 5 nitrogen and oxygen atoms in total. The summed E-state index contributed by atoms with van der Waals surface area (Å²) >= 11 is 1.45. The number of benzene rings is 1. The number of halogens is 1. The Morgan fingerprint density at radius 1 is 1.45 bits per heavy atom. The van der Waals surface area contributed by atoms with Crippen LogP contribution in [0.15, 0.2) is 22.7 Å². The number of carbonyl (C=O) groups is 1. The van der Waals surface area contributed by atoms with Gasteiger partial charge in [0.15, 0.2) is 11.6 Å². The maximum Gasteiger partial charge on any atom is 0.234 e. The molecule has 0 saturated carbocycles. The van der Waals surface area contributed by atoms with Gasteiger partial charge in [-0.1, -0.05) is 5.16 Å². The Bertz CT molecular complexity index is 653. The highest BCUT2D eigenvalue weighted by Gasteiger charge is 2.11. The van der Waals surface area contributed by atoms with Gasteiger partial charge >= 0.3 is 0 Å². The zero-order valence-electron chi connectivity index (χ0n) is 12.6. The lowest BCUT2D eigenvalue weighted by atomic mass is 10.2. The lowest BCUT2D eigenvalue weighted by molar-refractivity contribution is -0.113. The first kappa shape index (κ1) is 16.4. The Morgan fingerprint density at radius 2 is 2.23 bits per heavy atom. The van der Waals surface area contributed by atoms with Gasteiger partial charge in [-0.05, 0) is 26.0 Å². The molecule has 0 aliphatic rings. The highest BCUT2D eigenvalue weighted by atomic mass is 32.2. The number of thioether (sulfide) groups is 1. The first-order valence-electron chi connectivity index (χ1n) is 6.64. The monoisotopic (exact) mass is 324 g/mol. The summed E-state index contributed by atoms with van der Waals surface area (Å²) in [5.74, 6) is 1.11. The number of hydrogen-bond donors (Lipinski definition) is 1. The molecule has 1 aromatic heterocycles. The van der Waals surface area contributed by atoms with Gasteiger partial charge in [0.25, 0.3) is 0 Å². The van der Waals surface area contributed by atoms with Crippen molar-refractivity contribution < 1.29 is 18.4 Å². The number of aryl methyl sites for hydroxylation is 2. The van der Waals surface area contributed by atoms with E-state index in [1.807, 2.05) is 13.8 Å². The Morgan fingerprint density at radius 3 is 2.82 bits per heavy atom. The van der Waals surface area contributed by atoms with Crippen LogP contribution in [0.1, 0.15) is 17.0 Å². The minimum atomic E-state index is -0.510. The number of methoxy groups -OCH3 is 1. The molecule has 0 aliphatic carbocycles. The summed E-state index contributed by atoms with van der Waals surface area (Å²) in [6.07, 6.45) is 0. The number of aromatic nitrogens is 1. The summed E-state index contributed by atoms with van der Waals surface area (Å²) in [6.45, 7) is 3.71. The summed E-state index contributed by atoms with van der Waals surface area (Å²) in [5.41, 5.74) is 2.25. The van der Waals surface area contributed by atoms with E-state index in [9.17, 15) is 9.18 Å². The van der Waals surface area contributed by atoms with Crippen LogP contribution in [0.25, 0.3) is 0 Å². The molecule has 0 bridgehead atoms. The standard InChI is InChI=1S/C15H17FN2O3S/c1-9-12(10(2)21-18-9)7-22-8-15(19)17-11-4-5-14(20-3)13(16)6-11/h4-6H,7-8H2,1-3H3,(H,17,19). The van der Waals surface area contributed by atoms with E-state index < -0.39 is 5.82 Å². The van der Waals surface area contributed by atoms with Crippen molar-refractivity contribution in [3.63, 3.8) is 0 Å². The number of nitrogens with one attached hydrogen (secondary N) is 1. The van der Waals surface area contributed by atoms with Crippen LogP contribution in [0.2, 0.25) is 0 Å². The number of rotatable bonds is 6. The van der Waals surface area contributed by atoms with Crippen LogP contribution < -0.4 is 10.1 Å². The van der Waals surface area contributed by atoms with Gasteiger partial charge in [-0.25, -0.2) is 4.39 Å². The smallest absolute Gasteiger partial charge is 0.234 e. The maximum absolute atomic E-state index is 13.5. The first-order valence-corrected chi connectivity index (χ1v) is 7.79. The first-order chi connectivity index (χ1) is 10.5. The molecule has 7 heteroatoms. The van der Waals surface area contributed by atoms with Crippen LogP contribution in [0.5, 0.6) is 5.75 Å². The van der Waals surface area contributed by atoms with Gasteiger partial charge in [0.1, 0.15) is 5.76 Å². The van der Waals surface area contributed by atoms with E-state index >= 15 is 0 Å². The van der Waals surface area contributed by atoms with Crippen LogP contribution >= 0.6 is 11.8 Å². The molecule has 0 unspecified atom stereocenters. The van der Waals surface area contributed by atoms with Gasteiger partial charge in [-0.2, -0.15) is 0 Å². The molecule has 118 valence electrons. The molecule has 22 heavy (non-hydrogen) atoms. The molecule has 1 amide bonds. The number of nitrogens with zero attached hydrogens (tertiary/aromatic N) is 1. The molecule has 0 fully saturated rings. The largest absolute Gasteiger partial charge is 0.494 e. The third-order valence-corrected chi connectivity index (χ3v) is 4.06. The van der Waals surface area contributed by atoms with Crippen molar-refractivity contribution in [2.75, 3.05) is 18.2 Å². The average Bonchev–Trinajstić information content (AvgIpc) is 2.79. The van der Waals surface area contributed by atoms with Crippen molar-refractivity contribution in [2.45, 2.75) is 19.6 Å². The van der Waals surface area contributed by atoms with Gasteiger partial charge in [-0.15, -0.1) is 11.8 Å². The molecule has 1 aromatic carbocycles. The van der Waals surface area contributed by atoms with Crippen LogP contribution in [0.4, 0.5) is 10.1 Å². The normalized spacial score (nSPS) is 10.5. The summed E-state index contributed by atoms with van der Waals surface area (Å²) < 4.78 is 23.4. The highest BCUT2D eigenvalue weighted by molar-refractivity contribution is 7.99. The molecular weight excluding hydrogens is 307 g/mol. The predicted octanol–water partition coefficient (Wildman–Crippen LogP) is 3.31. The quantitative estimate of drug-likeness (QED) is 0.883. The highest BCUT2D eigenvalue weighted by Crippen LogP contribution is 2.22. The van der Waals surface area contributed by atoms with Gasteiger partial charge in [0, 0.05) is 23.1 Å². The van der Waals surface area contributed by atoms with E-state index in [0.717, 1.165) is 17.0 Å². The Hall–Kier alpha value is -2.02. The minimum Gasteiger partial charge on any atom is -0.494 e. The second-order valence-electron chi connectivity index (χ2n) is 4.69. The topological polar surface area (TPSA) is 64.4 Å². The second kappa shape index (κ2) is 7.31. The summed E-state index contributed by atoms with van der Waals surface area (Å²) in [5, 5.41) is 6.51. The number of anilines is 1. The van der Waals surface area contributed by atoms with E-state index in [-0.39, 0.29) is 17.4 Å². The van der Waals surface area contributed by atoms with E-state index in [2.05, 4.69) is 10.5 Å². The fraction of sp³-hybridized carbons (Fsp3) is 0.333. The Balaban J connectivity index is 1.84. The van der Waals surface area contributed by atoms with E-state index in [1.165, 1.54) is 31.0 Å². The Kier molecular flexibility index (Phi) is 5.43. The molecule has 0 spiro atoms. The van der Waals surface area contributed by atoms with Crippen molar-refractivity contribution in [1.29, 1.82) is 0 Å². The molecule has 0 atom stereocenters. The SMILES string of the molecule is COc1ccc(NC(=O)CSCc2c(C)noc2C)cc1F. The van der Waals surface area contributed by atoms with Crippen LogP contribution in [0, 0.1) is 19.7 Å². The maximum atomic E-state index is 13.5. The molecule has 0 aliphatic heterocycles. The zero-order chi connectivity index (χ0) is 16.1. The second-order valence-corrected chi connectivity index (χ2v) is 5.68. The molecule has 0 saturated heterocycles. The Labute approximate surface area is 132 Å². The molecule has 1 heterocycles. The molecular formula is C15H17FN2O3S. The van der Waals surface area contributed by atoms with E-state index in [1.54, 1.807) is 6.07 Å². The van der Waals surface area contributed by atoms with Crippen molar-refractivity contribution in [3.05, 3.63) is 41.0 Å². The van der Waals surface area contributed by atoms with Crippen molar-refractivity contribution in [3.8, 4) is 5.75 Å². The number of carbonyl (C=O) groups excluding carboxylic acids is 1. The lowest BCUT2D eigenvalue weighted by Gasteiger charge is -2.07. The van der Waals surface area contributed by atoms with Gasteiger partial charge in [0.2, 0.25) is 5.91 Å². The summed E-state index contributed by atoms with van der Waals surface area (Å²) in [6, 6.07) is 4.30. The van der Waals surface area contributed by atoms with Crippen LogP contribution in [-0.2, 0) is 10.5 Å². The van der Waals surface area contributed by atoms with Gasteiger partial charge < -0.3 is 14.6 Å². The number of ether oxygens (including phenoxy) is 1. The number of hydrogen-bond acceptors (Lipinski definition) is 5. The van der Waals surface area contributed by atoms with Crippen molar-refractivity contribution >= 4 is 23.4 Å². The molecule has 2 aromatic rings. The summed E-state index contributed by atoms with van der Waals surface area (Å²) in [4.78, 5) is 11.9. The lowest BCUT2D eigenvalue weighted by Crippen LogP contribution is -2.14. The fourth-order valence-electron chi connectivity index (χ4n) is 1.89. The van der Waals surface area contributed by atoms with Crippen molar-refractivity contribution in [1.82, 2.24) is 5.16 Å². The van der Waals surface area contributed by atoms with E-state index in [4.69, 9.17) is 9.26 Å². The fourth-order valence-corrected chi connectivity index (χ4v) is 2.87. The van der Waals surface area contributed by atoms with Crippen LogP contribution in [-0.4, -0.2) is 23.9 Å². The predicted molar refractivity (Wildman–Crippen MR) is 83.7 cm³/mol. The average molecular weight is 324 g/mol. The third-order valence-electron chi connectivity index (χ3n) is 3.10. The minimum absolute atomic E-state index is 0.144. The third kappa shape index (κ3) is 4.00. The summed E-state index contributed by atoms with van der Waals surface area (Å²) in [7, 11) is 1.39.